The predicted octanol–water partition coefficient (Wildman–Crippen LogP) is -1.06. The number of hydrogen-bond donors (Lipinski definition) is 1. The average molecular weight is 205 g/mol. The molecule has 1 N–H and O–H groups in total. The van der Waals surface area contributed by atoms with Crippen LogP contribution in [0, 0.1) is 0 Å². The van der Waals surface area contributed by atoms with Crippen LogP contribution in [-0.4, -0.2) is 52.5 Å². The maximum Gasteiger partial charge on any atom is 0.325 e. The maximum absolute atomic E-state index is 10.9. The second-order valence-corrected chi connectivity index (χ2v) is 2.40. The Morgan fingerprint density at radius 1 is 1.21 bits per heavy atom. The number of carbonyl (C=O) groups excluding carboxylic acids is 2. The standard InChI is InChI=1S/C8H15NO5/c1-12-3-4-14-6-7(10)9-5-8(11)13-2/h3-6H2,1-2H3,(H,9,10). The van der Waals surface area contributed by atoms with Gasteiger partial charge in [0, 0.05) is 7.11 Å². The molecule has 0 aliphatic heterocycles. The van der Waals surface area contributed by atoms with Crippen LogP contribution in [0.1, 0.15) is 0 Å². The molecule has 0 fully saturated rings. The summed E-state index contributed by atoms with van der Waals surface area (Å²) >= 11 is 0. The fourth-order valence-corrected chi connectivity index (χ4v) is 0.601. The predicted molar refractivity (Wildman–Crippen MR) is 47.7 cm³/mol. The lowest BCUT2D eigenvalue weighted by Gasteiger charge is -2.04. The van der Waals surface area contributed by atoms with Gasteiger partial charge in [-0.25, -0.2) is 0 Å². The van der Waals surface area contributed by atoms with Crippen molar-refractivity contribution in [3.63, 3.8) is 0 Å². The number of methoxy groups -OCH3 is 2. The number of nitrogens with one attached hydrogen (secondary N) is 1. The van der Waals surface area contributed by atoms with Gasteiger partial charge in [0.15, 0.2) is 0 Å². The highest BCUT2D eigenvalue weighted by molar-refractivity contribution is 5.82. The molecule has 0 saturated heterocycles. The Labute approximate surface area is 82.5 Å². The van der Waals surface area contributed by atoms with Crippen molar-refractivity contribution in [2.75, 3.05) is 40.6 Å². The summed E-state index contributed by atoms with van der Waals surface area (Å²) in [6.45, 7) is 0.565. The summed E-state index contributed by atoms with van der Waals surface area (Å²) in [5, 5.41) is 2.33. The summed E-state index contributed by atoms with van der Waals surface area (Å²) in [5.41, 5.74) is 0. The van der Waals surface area contributed by atoms with E-state index in [1.165, 1.54) is 7.11 Å². The molecule has 0 rings (SSSR count). The summed E-state index contributed by atoms with van der Waals surface area (Å²) in [6.07, 6.45) is 0. The van der Waals surface area contributed by atoms with E-state index in [1.54, 1.807) is 7.11 Å². The molecular weight excluding hydrogens is 190 g/mol. The van der Waals surface area contributed by atoms with Gasteiger partial charge in [-0.3, -0.25) is 9.59 Å². The van der Waals surface area contributed by atoms with Gasteiger partial charge in [0.2, 0.25) is 5.91 Å². The highest BCUT2D eigenvalue weighted by atomic mass is 16.5. The molecular formula is C8H15NO5. The van der Waals surface area contributed by atoms with Crippen LogP contribution in [0.15, 0.2) is 0 Å². The fraction of sp³-hybridized carbons (Fsp3) is 0.750. The third-order valence-corrected chi connectivity index (χ3v) is 1.32. The number of ether oxygens (including phenoxy) is 3. The van der Waals surface area contributed by atoms with Gasteiger partial charge in [0.1, 0.15) is 13.2 Å². The fourth-order valence-electron chi connectivity index (χ4n) is 0.601. The minimum Gasteiger partial charge on any atom is -0.468 e. The summed E-state index contributed by atoms with van der Waals surface area (Å²) in [5.74, 6) is -0.846. The molecule has 82 valence electrons. The van der Waals surface area contributed by atoms with Crippen LogP contribution in [0.4, 0.5) is 0 Å². The second-order valence-electron chi connectivity index (χ2n) is 2.40. The number of hydrogen-bond acceptors (Lipinski definition) is 5. The van der Waals surface area contributed by atoms with Crippen molar-refractivity contribution in [2.24, 2.45) is 0 Å². The van der Waals surface area contributed by atoms with Crippen LogP contribution in [0.3, 0.4) is 0 Å². The summed E-state index contributed by atoms with van der Waals surface area (Å²) < 4.78 is 14.0. The van der Waals surface area contributed by atoms with E-state index in [2.05, 4.69) is 10.1 Å². The maximum atomic E-state index is 10.9. The van der Waals surface area contributed by atoms with Gasteiger partial charge in [-0.2, -0.15) is 0 Å². The molecule has 1 amide bonds. The van der Waals surface area contributed by atoms with Crippen molar-refractivity contribution < 1.29 is 23.8 Å². The Morgan fingerprint density at radius 3 is 2.50 bits per heavy atom. The van der Waals surface area contributed by atoms with Crippen molar-refractivity contribution in [2.45, 2.75) is 0 Å². The van der Waals surface area contributed by atoms with Crippen LogP contribution in [0.5, 0.6) is 0 Å². The molecule has 6 heteroatoms. The zero-order valence-electron chi connectivity index (χ0n) is 8.37. The largest absolute Gasteiger partial charge is 0.468 e. The van der Waals surface area contributed by atoms with E-state index >= 15 is 0 Å². The molecule has 0 aliphatic carbocycles. The van der Waals surface area contributed by atoms with Crippen LogP contribution in [-0.2, 0) is 23.8 Å². The highest BCUT2D eigenvalue weighted by Gasteiger charge is 2.04. The first-order valence-electron chi connectivity index (χ1n) is 4.11. The zero-order valence-corrected chi connectivity index (χ0v) is 8.37. The SMILES string of the molecule is COCCOCC(=O)NCC(=O)OC. The highest BCUT2D eigenvalue weighted by Crippen LogP contribution is 1.77. The minimum atomic E-state index is -0.491. The molecule has 0 heterocycles. The molecule has 0 aliphatic rings. The Hall–Kier alpha value is -1.14. The summed E-state index contributed by atoms with van der Waals surface area (Å²) in [7, 11) is 2.80. The molecule has 0 spiro atoms. The molecule has 0 radical (unpaired) electrons. The number of carbonyl (C=O) groups is 2. The van der Waals surface area contributed by atoms with Crippen molar-refractivity contribution >= 4 is 11.9 Å². The molecule has 0 saturated carbocycles. The molecule has 0 aromatic heterocycles. The third-order valence-electron chi connectivity index (χ3n) is 1.32. The molecule has 6 nitrogen and oxygen atoms in total. The Bertz CT molecular complexity index is 183. The summed E-state index contributed by atoms with van der Waals surface area (Å²) in [4.78, 5) is 21.5. The zero-order chi connectivity index (χ0) is 10.8. The van der Waals surface area contributed by atoms with E-state index < -0.39 is 5.97 Å². The molecule has 14 heavy (non-hydrogen) atoms. The molecule has 0 bridgehead atoms. The molecule has 0 aromatic rings. The first-order valence-corrected chi connectivity index (χ1v) is 4.11. The van der Waals surface area contributed by atoms with Crippen molar-refractivity contribution in [3.05, 3.63) is 0 Å². The van der Waals surface area contributed by atoms with Crippen LogP contribution >= 0.6 is 0 Å². The lowest BCUT2D eigenvalue weighted by atomic mass is 10.5. The van der Waals surface area contributed by atoms with E-state index in [0.29, 0.717) is 13.2 Å². The first-order chi connectivity index (χ1) is 6.70. The first kappa shape index (κ1) is 12.9. The molecule has 0 atom stereocenters. The van der Waals surface area contributed by atoms with Gasteiger partial charge in [-0.1, -0.05) is 0 Å². The Morgan fingerprint density at radius 2 is 1.93 bits per heavy atom. The van der Waals surface area contributed by atoms with E-state index in [9.17, 15) is 9.59 Å². The Kier molecular flexibility index (Phi) is 7.77. The quantitative estimate of drug-likeness (QED) is 0.423. The van der Waals surface area contributed by atoms with Gasteiger partial charge in [-0.05, 0) is 0 Å². The minimum absolute atomic E-state index is 0.0830. The van der Waals surface area contributed by atoms with Gasteiger partial charge in [-0.15, -0.1) is 0 Å². The topological polar surface area (TPSA) is 73.9 Å². The van der Waals surface area contributed by atoms with Gasteiger partial charge in [0.05, 0.1) is 20.3 Å². The van der Waals surface area contributed by atoms with E-state index in [-0.39, 0.29) is 19.1 Å². The molecule has 0 aromatic carbocycles. The normalized spacial score (nSPS) is 9.57. The smallest absolute Gasteiger partial charge is 0.325 e. The Balaban J connectivity index is 3.32. The number of amides is 1. The average Bonchev–Trinajstić information content (AvgIpc) is 2.21. The number of rotatable bonds is 7. The van der Waals surface area contributed by atoms with E-state index in [1.807, 2.05) is 0 Å². The van der Waals surface area contributed by atoms with Gasteiger partial charge >= 0.3 is 5.97 Å². The second kappa shape index (κ2) is 8.46. The number of esters is 1. The summed E-state index contributed by atoms with van der Waals surface area (Å²) in [6, 6.07) is 0. The van der Waals surface area contributed by atoms with Crippen molar-refractivity contribution in [1.82, 2.24) is 5.32 Å². The van der Waals surface area contributed by atoms with Crippen LogP contribution < -0.4 is 5.32 Å². The van der Waals surface area contributed by atoms with Crippen molar-refractivity contribution in [1.29, 1.82) is 0 Å². The van der Waals surface area contributed by atoms with Crippen LogP contribution in [0.25, 0.3) is 0 Å². The van der Waals surface area contributed by atoms with Gasteiger partial charge < -0.3 is 19.5 Å². The lowest BCUT2D eigenvalue weighted by Crippen LogP contribution is -2.33. The molecule has 0 unspecified atom stereocenters. The monoisotopic (exact) mass is 205 g/mol. The van der Waals surface area contributed by atoms with E-state index in [4.69, 9.17) is 9.47 Å². The van der Waals surface area contributed by atoms with Crippen LogP contribution in [0.2, 0.25) is 0 Å². The van der Waals surface area contributed by atoms with Gasteiger partial charge in [0.25, 0.3) is 0 Å². The lowest BCUT2D eigenvalue weighted by molar-refractivity contribution is -0.141. The van der Waals surface area contributed by atoms with Crippen molar-refractivity contribution in [3.8, 4) is 0 Å². The van der Waals surface area contributed by atoms with E-state index in [0.717, 1.165) is 0 Å². The third kappa shape index (κ3) is 7.51.